The molecular formula is C40H56N6O2S. The van der Waals surface area contributed by atoms with Crippen LogP contribution in [0.3, 0.4) is 0 Å². The van der Waals surface area contributed by atoms with Gasteiger partial charge in [-0.1, -0.05) is 101 Å². The summed E-state index contributed by atoms with van der Waals surface area (Å²) in [6, 6.07) is 21.6. The van der Waals surface area contributed by atoms with E-state index in [4.69, 9.17) is 4.98 Å². The van der Waals surface area contributed by atoms with E-state index in [-0.39, 0.29) is 10.8 Å². The highest BCUT2D eigenvalue weighted by molar-refractivity contribution is 7.92. The van der Waals surface area contributed by atoms with Gasteiger partial charge in [0.1, 0.15) is 5.82 Å². The molecule has 0 unspecified atom stereocenters. The van der Waals surface area contributed by atoms with E-state index in [1.807, 2.05) is 50.2 Å². The van der Waals surface area contributed by atoms with Crippen LogP contribution in [0, 0.1) is 13.8 Å². The molecule has 0 amide bonds. The second-order valence-electron chi connectivity index (χ2n) is 13.0. The first-order chi connectivity index (χ1) is 23.7. The largest absolute Gasteiger partial charge is 0.372 e. The van der Waals surface area contributed by atoms with Gasteiger partial charge < -0.3 is 9.88 Å². The molecule has 0 spiro atoms. The summed E-state index contributed by atoms with van der Waals surface area (Å²) in [5, 5.41) is 8.86. The summed E-state index contributed by atoms with van der Waals surface area (Å²) in [5.74, 6) is 0.477. The van der Waals surface area contributed by atoms with E-state index in [1.54, 1.807) is 19.2 Å². The smallest absolute Gasteiger partial charge is 0.283 e. The Morgan fingerprint density at radius 1 is 0.735 bits per heavy atom. The van der Waals surface area contributed by atoms with Crippen LogP contribution in [-0.2, 0) is 16.4 Å². The van der Waals surface area contributed by atoms with Crippen LogP contribution in [0.25, 0.3) is 11.4 Å². The zero-order chi connectivity index (χ0) is 35.2. The number of nitrogens with zero attached hydrogens (tertiary/aromatic N) is 5. The van der Waals surface area contributed by atoms with Crippen LogP contribution in [0.2, 0.25) is 0 Å². The first kappa shape index (κ1) is 37.8. The summed E-state index contributed by atoms with van der Waals surface area (Å²) >= 11 is 0. The zero-order valence-electron chi connectivity index (χ0n) is 30.5. The Morgan fingerprint density at radius 3 is 2.00 bits per heavy atom. The number of hydrogen-bond donors (Lipinski definition) is 1. The standard InChI is InChI=1S/C40H56N6O2S/c1-7-10-11-12-13-14-15-16-17-18-20-33-21-19-22-34(30-33)38-41-39(44-43-37-28-27-36(29-32(37)5)46(8-2)9-3)40(42-38)49(47,48)45(6)35-25-23-31(4)24-26-35/h19,21-30H,7-18,20H2,1-6H3,(H,41,42). The monoisotopic (exact) mass is 684 g/mol. The topological polar surface area (TPSA) is 94.0 Å². The lowest BCUT2D eigenvalue weighted by molar-refractivity contribution is 0.556. The highest BCUT2D eigenvalue weighted by atomic mass is 32.2. The number of aromatic amines is 1. The van der Waals surface area contributed by atoms with E-state index in [9.17, 15) is 8.42 Å². The number of benzene rings is 3. The molecule has 0 aliphatic carbocycles. The van der Waals surface area contributed by atoms with E-state index in [0.29, 0.717) is 17.2 Å². The lowest BCUT2D eigenvalue weighted by Crippen LogP contribution is -2.27. The van der Waals surface area contributed by atoms with Crippen molar-refractivity contribution < 1.29 is 8.42 Å². The SMILES string of the molecule is CCCCCCCCCCCCc1cccc(-c2nc(N=Nc3ccc(N(CC)CC)cc3C)c(S(=O)(=O)N(C)c3ccc(C)cc3)[nH]2)c1. The third-order valence-corrected chi connectivity index (χ3v) is 11.0. The minimum atomic E-state index is -4.05. The lowest BCUT2D eigenvalue weighted by atomic mass is 10.0. The van der Waals surface area contributed by atoms with Crippen molar-refractivity contribution in [3.8, 4) is 11.4 Å². The number of anilines is 2. The Balaban J connectivity index is 1.56. The average Bonchev–Trinajstić information content (AvgIpc) is 3.55. The maximum atomic E-state index is 14.1. The van der Waals surface area contributed by atoms with Gasteiger partial charge in [-0.25, -0.2) is 4.98 Å². The van der Waals surface area contributed by atoms with E-state index >= 15 is 0 Å². The molecule has 1 N–H and O–H groups in total. The molecule has 0 bridgehead atoms. The Kier molecular flexibility index (Phi) is 14.4. The van der Waals surface area contributed by atoms with Crippen molar-refractivity contribution in [1.29, 1.82) is 0 Å². The molecule has 0 aliphatic heterocycles. The van der Waals surface area contributed by atoms with Crippen molar-refractivity contribution in [3.05, 3.63) is 83.4 Å². The predicted octanol–water partition coefficient (Wildman–Crippen LogP) is 11.2. The molecular weight excluding hydrogens is 629 g/mol. The third-order valence-electron chi connectivity index (χ3n) is 9.25. The van der Waals surface area contributed by atoms with Gasteiger partial charge in [-0.2, -0.15) is 8.42 Å². The van der Waals surface area contributed by atoms with Gasteiger partial charge in [0.15, 0.2) is 0 Å². The van der Waals surface area contributed by atoms with Gasteiger partial charge in [-0.3, -0.25) is 4.31 Å². The molecule has 8 nitrogen and oxygen atoms in total. The molecule has 4 aromatic rings. The molecule has 1 aromatic heterocycles. The molecule has 0 fully saturated rings. The normalized spacial score (nSPS) is 11.8. The van der Waals surface area contributed by atoms with Crippen molar-refractivity contribution in [2.45, 2.75) is 110 Å². The minimum Gasteiger partial charge on any atom is -0.372 e. The van der Waals surface area contributed by atoms with Gasteiger partial charge in [0, 0.05) is 31.4 Å². The molecule has 1 heterocycles. The van der Waals surface area contributed by atoms with Crippen molar-refractivity contribution in [3.63, 3.8) is 0 Å². The van der Waals surface area contributed by atoms with Crippen LogP contribution in [0.5, 0.6) is 0 Å². The first-order valence-electron chi connectivity index (χ1n) is 18.2. The van der Waals surface area contributed by atoms with Crippen LogP contribution in [0.4, 0.5) is 22.9 Å². The Morgan fingerprint density at radius 2 is 1.37 bits per heavy atom. The van der Waals surface area contributed by atoms with Crippen LogP contribution in [-0.4, -0.2) is 38.5 Å². The van der Waals surface area contributed by atoms with Crippen LogP contribution >= 0.6 is 0 Å². The number of aryl methyl sites for hydroxylation is 3. The van der Waals surface area contributed by atoms with Crippen LogP contribution < -0.4 is 9.21 Å². The number of aromatic nitrogens is 2. The van der Waals surface area contributed by atoms with Gasteiger partial charge in [0.05, 0.1) is 11.4 Å². The Bertz CT molecular complexity index is 1740. The molecule has 264 valence electrons. The zero-order valence-corrected chi connectivity index (χ0v) is 31.3. The van der Waals surface area contributed by atoms with Gasteiger partial charge in [-0.15, -0.1) is 10.2 Å². The minimum absolute atomic E-state index is 0.0290. The Hall–Kier alpha value is -3.98. The van der Waals surface area contributed by atoms with Crippen LogP contribution in [0.15, 0.2) is 82.0 Å². The highest BCUT2D eigenvalue weighted by Crippen LogP contribution is 2.33. The molecule has 3 aromatic carbocycles. The number of unbranched alkanes of at least 4 members (excludes halogenated alkanes) is 9. The maximum Gasteiger partial charge on any atom is 0.283 e. The number of imidazole rings is 1. The number of hydrogen-bond acceptors (Lipinski definition) is 6. The summed E-state index contributed by atoms with van der Waals surface area (Å²) in [5.41, 5.74) is 6.35. The molecule has 4 rings (SSSR count). The van der Waals surface area contributed by atoms with Gasteiger partial charge in [0.2, 0.25) is 10.8 Å². The maximum absolute atomic E-state index is 14.1. The number of rotatable bonds is 20. The lowest BCUT2D eigenvalue weighted by Gasteiger charge is -2.21. The summed E-state index contributed by atoms with van der Waals surface area (Å²) < 4.78 is 29.4. The molecule has 0 saturated heterocycles. The molecule has 0 atom stereocenters. The van der Waals surface area contributed by atoms with Crippen molar-refractivity contribution in [1.82, 2.24) is 9.97 Å². The highest BCUT2D eigenvalue weighted by Gasteiger charge is 2.29. The van der Waals surface area contributed by atoms with Crippen molar-refractivity contribution in [2.75, 3.05) is 29.3 Å². The first-order valence-corrected chi connectivity index (χ1v) is 19.6. The fourth-order valence-corrected chi connectivity index (χ4v) is 7.31. The number of H-pyrrole nitrogens is 1. The fraction of sp³-hybridized carbons (Fsp3) is 0.475. The van der Waals surface area contributed by atoms with Gasteiger partial charge >= 0.3 is 0 Å². The fourth-order valence-electron chi connectivity index (χ4n) is 6.09. The third kappa shape index (κ3) is 10.5. The number of azo groups is 1. The molecule has 0 saturated carbocycles. The van der Waals surface area contributed by atoms with E-state index in [2.05, 4.69) is 59.1 Å². The second-order valence-corrected chi connectivity index (χ2v) is 14.9. The molecule has 0 aliphatic rings. The van der Waals surface area contributed by atoms with E-state index in [1.165, 1.54) is 67.7 Å². The number of sulfonamides is 1. The summed E-state index contributed by atoms with van der Waals surface area (Å²) in [6.07, 6.45) is 14.0. The summed E-state index contributed by atoms with van der Waals surface area (Å²) in [7, 11) is -2.50. The average molecular weight is 685 g/mol. The molecule has 0 radical (unpaired) electrons. The predicted molar refractivity (Wildman–Crippen MR) is 205 cm³/mol. The van der Waals surface area contributed by atoms with E-state index < -0.39 is 10.0 Å². The summed E-state index contributed by atoms with van der Waals surface area (Å²) in [6.45, 7) is 12.3. The number of nitrogens with one attached hydrogen (secondary N) is 1. The Labute approximate surface area is 295 Å². The van der Waals surface area contributed by atoms with Crippen molar-refractivity contribution in [2.24, 2.45) is 10.2 Å². The molecule has 9 heteroatoms. The van der Waals surface area contributed by atoms with Gasteiger partial charge in [0.25, 0.3) is 10.0 Å². The second kappa shape index (κ2) is 18.7. The quantitative estimate of drug-likeness (QED) is 0.0740. The summed E-state index contributed by atoms with van der Waals surface area (Å²) in [4.78, 5) is 10.1. The van der Waals surface area contributed by atoms with E-state index in [0.717, 1.165) is 48.3 Å². The van der Waals surface area contributed by atoms with Crippen molar-refractivity contribution >= 4 is 32.9 Å². The molecule has 49 heavy (non-hydrogen) atoms. The van der Waals surface area contributed by atoms with Crippen LogP contribution in [0.1, 0.15) is 102 Å². The van der Waals surface area contributed by atoms with Gasteiger partial charge in [-0.05, 0) is 88.1 Å².